The van der Waals surface area contributed by atoms with Gasteiger partial charge >= 0.3 is 0 Å². The van der Waals surface area contributed by atoms with Gasteiger partial charge in [0.15, 0.2) is 18.3 Å². The number of hydrogen-bond donors (Lipinski definition) is 0. The van der Waals surface area contributed by atoms with Crippen LogP contribution in [0, 0.1) is 5.82 Å². The third-order valence-electron chi connectivity index (χ3n) is 5.14. The molecule has 2 heterocycles. The Morgan fingerprint density at radius 1 is 1.10 bits per heavy atom. The second kappa shape index (κ2) is 8.13. The van der Waals surface area contributed by atoms with E-state index in [-0.39, 0.29) is 19.3 Å². The van der Waals surface area contributed by atoms with Crippen molar-refractivity contribution in [3.8, 4) is 17.2 Å². The van der Waals surface area contributed by atoms with E-state index in [0.717, 1.165) is 17.5 Å². The normalized spacial score (nSPS) is 15.5. The maximum absolute atomic E-state index is 13.9. The van der Waals surface area contributed by atoms with Crippen LogP contribution in [0.2, 0.25) is 0 Å². The van der Waals surface area contributed by atoms with Crippen molar-refractivity contribution in [1.29, 1.82) is 0 Å². The van der Waals surface area contributed by atoms with Crippen LogP contribution >= 0.6 is 0 Å². The fourth-order valence-corrected chi connectivity index (χ4v) is 3.67. The molecule has 0 atom stereocenters. The Hall–Kier alpha value is -3.06. The molecule has 0 radical (unpaired) electrons. The summed E-state index contributed by atoms with van der Waals surface area (Å²) in [5.41, 5.74) is 3.33. The van der Waals surface area contributed by atoms with Crippen LogP contribution in [0.4, 0.5) is 4.39 Å². The number of halogens is 1. The zero-order chi connectivity index (χ0) is 20.4. The predicted molar refractivity (Wildman–Crippen MR) is 104 cm³/mol. The maximum atomic E-state index is 13.9. The minimum Gasteiger partial charge on any atom is -0.493 e. The molecular formula is C22H22FNO5. The lowest BCUT2D eigenvalue weighted by molar-refractivity contribution is -0.126. The molecule has 0 saturated heterocycles. The molecule has 0 fully saturated rings. The first-order valence-corrected chi connectivity index (χ1v) is 9.32. The van der Waals surface area contributed by atoms with E-state index < -0.39 is 5.82 Å². The SMILES string of the molecule is COc1cc2c(cc1OC)CN(C(=O)/C=C/c1cc(F)cc3c1OCOC3)CC2. The summed E-state index contributed by atoms with van der Waals surface area (Å²) < 4.78 is 35.3. The second-order valence-electron chi connectivity index (χ2n) is 6.91. The first-order chi connectivity index (χ1) is 14.1. The fraction of sp³-hybridized carbons (Fsp3) is 0.318. The van der Waals surface area contributed by atoms with E-state index in [2.05, 4.69) is 0 Å². The Balaban J connectivity index is 1.53. The molecule has 0 bridgehead atoms. The van der Waals surface area contributed by atoms with Gasteiger partial charge in [0.25, 0.3) is 0 Å². The molecule has 1 amide bonds. The minimum atomic E-state index is -0.391. The summed E-state index contributed by atoms with van der Waals surface area (Å²) in [4.78, 5) is 14.5. The highest BCUT2D eigenvalue weighted by atomic mass is 19.1. The van der Waals surface area contributed by atoms with E-state index in [1.807, 2.05) is 12.1 Å². The molecule has 7 heteroatoms. The summed E-state index contributed by atoms with van der Waals surface area (Å²) in [6, 6.07) is 6.62. The molecule has 2 aliphatic rings. The van der Waals surface area contributed by atoms with Gasteiger partial charge in [0.2, 0.25) is 5.91 Å². The Bertz CT molecular complexity index is 972. The predicted octanol–water partition coefficient (Wildman–Crippen LogP) is 3.31. The number of methoxy groups -OCH3 is 2. The van der Waals surface area contributed by atoms with E-state index in [1.54, 1.807) is 25.2 Å². The Kier molecular flexibility index (Phi) is 5.40. The molecule has 2 aliphatic heterocycles. The number of amides is 1. The van der Waals surface area contributed by atoms with E-state index in [0.29, 0.717) is 41.5 Å². The molecule has 0 N–H and O–H groups in total. The van der Waals surface area contributed by atoms with E-state index in [1.165, 1.54) is 18.2 Å². The monoisotopic (exact) mass is 399 g/mol. The van der Waals surface area contributed by atoms with Crippen molar-refractivity contribution in [2.24, 2.45) is 0 Å². The van der Waals surface area contributed by atoms with Gasteiger partial charge < -0.3 is 23.8 Å². The first-order valence-electron chi connectivity index (χ1n) is 9.32. The average molecular weight is 399 g/mol. The lowest BCUT2D eigenvalue weighted by Crippen LogP contribution is -2.34. The van der Waals surface area contributed by atoms with Gasteiger partial charge in [-0.05, 0) is 47.9 Å². The zero-order valence-corrected chi connectivity index (χ0v) is 16.4. The molecule has 4 rings (SSSR count). The number of carbonyl (C=O) groups is 1. The van der Waals surface area contributed by atoms with Crippen LogP contribution in [0.25, 0.3) is 6.08 Å². The van der Waals surface area contributed by atoms with Crippen LogP contribution < -0.4 is 14.2 Å². The van der Waals surface area contributed by atoms with Crippen LogP contribution in [0.15, 0.2) is 30.3 Å². The summed E-state index contributed by atoms with van der Waals surface area (Å²) >= 11 is 0. The third kappa shape index (κ3) is 3.91. The molecule has 0 saturated carbocycles. The van der Waals surface area contributed by atoms with E-state index in [4.69, 9.17) is 18.9 Å². The summed E-state index contributed by atoms with van der Waals surface area (Å²) in [6.07, 6.45) is 3.78. The summed E-state index contributed by atoms with van der Waals surface area (Å²) in [5, 5.41) is 0. The smallest absolute Gasteiger partial charge is 0.246 e. The molecule has 0 aliphatic carbocycles. The van der Waals surface area contributed by atoms with Crippen LogP contribution in [-0.2, 0) is 29.1 Å². The molecule has 6 nitrogen and oxygen atoms in total. The lowest BCUT2D eigenvalue weighted by atomic mass is 9.98. The number of fused-ring (bicyclic) bond motifs is 2. The van der Waals surface area contributed by atoms with Gasteiger partial charge in [-0.25, -0.2) is 4.39 Å². The highest BCUT2D eigenvalue weighted by molar-refractivity contribution is 5.92. The van der Waals surface area contributed by atoms with Crippen LogP contribution in [-0.4, -0.2) is 38.4 Å². The van der Waals surface area contributed by atoms with Gasteiger partial charge in [-0.2, -0.15) is 0 Å². The first kappa shape index (κ1) is 19.3. The maximum Gasteiger partial charge on any atom is 0.246 e. The second-order valence-corrected chi connectivity index (χ2v) is 6.91. The van der Waals surface area contributed by atoms with Crippen molar-refractivity contribution in [1.82, 2.24) is 4.90 Å². The van der Waals surface area contributed by atoms with Gasteiger partial charge in [0.1, 0.15) is 11.6 Å². The van der Waals surface area contributed by atoms with Crippen molar-refractivity contribution in [2.75, 3.05) is 27.6 Å². The zero-order valence-electron chi connectivity index (χ0n) is 16.4. The number of carbonyl (C=O) groups excluding carboxylic acids is 1. The standard InChI is InChI=1S/C22H22FNO5/c1-26-19-9-14-5-6-24(11-16(14)10-20(19)27-2)21(25)4-3-15-7-18(23)8-17-12-28-13-29-22(15)17/h3-4,7-10H,5-6,11-13H2,1-2H3/b4-3+. The highest BCUT2D eigenvalue weighted by Crippen LogP contribution is 2.34. The fourth-order valence-electron chi connectivity index (χ4n) is 3.67. The largest absolute Gasteiger partial charge is 0.493 e. The molecular weight excluding hydrogens is 377 g/mol. The van der Waals surface area contributed by atoms with Crippen molar-refractivity contribution in [2.45, 2.75) is 19.6 Å². The lowest BCUT2D eigenvalue weighted by Gasteiger charge is -2.29. The number of nitrogens with zero attached hydrogens (tertiary/aromatic N) is 1. The summed E-state index contributed by atoms with van der Waals surface area (Å²) in [6.45, 7) is 1.47. The summed E-state index contributed by atoms with van der Waals surface area (Å²) in [7, 11) is 3.19. The third-order valence-corrected chi connectivity index (χ3v) is 5.14. The van der Waals surface area contributed by atoms with Gasteiger partial charge in [-0.15, -0.1) is 0 Å². The topological polar surface area (TPSA) is 57.2 Å². The van der Waals surface area contributed by atoms with Gasteiger partial charge in [0.05, 0.1) is 20.8 Å². The van der Waals surface area contributed by atoms with Crippen LogP contribution in [0.1, 0.15) is 22.3 Å². The Morgan fingerprint density at radius 2 is 1.86 bits per heavy atom. The number of rotatable bonds is 4. The Labute approximate surface area is 168 Å². The average Bonchev–Trinajstić information content (AvgIpc) is 2.75. The van der Waals surface area contributed by atoms with Crippen molar-refractivity contribution >= 4 is 12.0 Å². The van der Waals surface area contributed by atoms with Crippen molar-refractivity contribution in [3.63, 3.8) is 0 Å². The van der Waals surface area contributed by atoms with Crippen molar-refractivity contribution < 1.29 is 28.1 Å². The molecule has 152 valence electrons. The molecule has 0 spiro atoms. The summed E-state index contributed by atoms with van der Waals surface area (Å²) in [5.74, 6) is 1.35. The molecule has 0 unspecified atom stereocenters. The van der Waals surface area contributed by atoms with E-state index >= 15 is 0 Å². The van der Waals surface area contributed by atoms with Gasteiger partial charge in [-0.1, -0.05) is 0 Å². The highest BCUT2D eigenvalue weighted by Gasteiger charge is 2.22. The van der Waals surface area contributed by atoms with Crippen molar-refractivity contribution in [3.05, 3.63) is 58.4 Å². The van der Waals surface area contributed by atoms with Crippen LogP contribution in [0.3, 0.4) is 0 Å². The number of benzene rings is 2. The molecule has 2 aromatic carbocycles. The minimum absolute atomic E-state index is 0.113. The number of ether oxygens (including phenoxy) is 4. The van der Waals surface area contributed by atoms with Gasteiger partial charge in [-0.3, -0.25) is 4.79 Å². The quantitative estimate of drug-likeness (QED) is 0.739. The van der Waals surface area contributed by atoms with E-state index in [9.17, 15) is 9.18 Å². The number of hydrogen-bond acceptors (Lipinski definition) is 5. The molecule has 29 heavy (non-hydrogen) atoms. The van der Waals surface area contributed by atoms with Gasteiger partial charge in [0, 0.05) is 30.3 Å². The van der Waals surface area contributed by atoms with Crippen LogP contribution in [0.5, 0.6) is 17.2 Å². The molecule has 2 aromatic rings. The Morgan fingerprint density at radius 3 is 2.62 bits per heavy atom. The molecule has 0 aromatic heterocycles.